The van der Waals surface area contributed by atoms with E-state index in [9.17, 15) is 4.79 Å². The Morgan fingerprint density at radius 3 is 2.86 bits per heavy atom. The molecule has 1 unspecified atom stereocenters. The molecule has 0 saturated heterocycles. The highest BCUT2D eigenvalue weighted by Crippen LogP contribution is 2.13. The second-order valence-electron chi connectivity index (χ2n) is 5.50. The second kappa shape index (κ2) is 7.75. The molecule has 118 valence electrons. The van der Waals surface area contributed by atoms with Gasteiger partial charge in [-0.25, -0.2) is 0 Å². The molecule has 1 aromatic carbocycles. The van der Waals surface area contributed by atoms with E-state index >= 15 is 0 Å². The molecule has 0 bridgehead atoms. The van der Waals surface area contributed by atoms with Gasteiger partial charge in [-0.15, -0.1) is 0 Å². The number of methoxy groups -OCH3 is 1. The minimum Gasteiger partial charge on any atom is -0.381 e. The first-order valence-corrected chi connectivity index (χ1v) is 7.50. The van der Waals surface area contributed by atoms with Crippen molar-refractivity contribution in [3.63, 3.8) is 0 Å². The molecule has 0 aliphatic rings. The number of rotatable bonds is 7. The molecule has 2 aromatic rings. The first kappa shape index (κ1) is 16.2. The smallest absolute Gasteiger partial charge is 0.228 e. The van der Waals surface area contributed by atoms with Gasteiger partial charge in [0.05, 0.1) is 12.5 Å². The van der Waals surface area contributed by atoms with E-state index in [1.165, 1.54) is 11.1 Å². The molecule has 5 nitrogen and oxygen atoms in total. The third-order valence-electron chi connectivity index (χ3n) is 3.70. The fourth-order valence-corrected chi connectivity index (χ4v) is 2.25. The van der Waals surface area contributed by atoms with Crippen LogP contribution in [0.2, 0.25) is 0 Å². The van der Waals surface area contributed by atoms with E-state index < -0.39 is 0 Å². The van der Waals surface area contributed by atoms with Gasteiger partial charge in [-0.1, -0.05) is 24.3 Å². The van der Waals surface area contributed by atoms with Crippen LogP contribution in [0.4, 0.5) is 5.82 Å². The lowest BCUT2D eigenvalue weighted by Crippen LogP contribution is -2.19. The van der Waals surface area contributed by atoms with Crippen molar-refractivity contribution in [1.82, 2.24) is 10.2 Å². The van der Waals surface area contributed by atoms with Gasteiger partial charge < -0.3 is 10.1 Å². The van der Waals surface area contributed by atoms with Gasteiger partial charge in [0.15, 0.2) is 5.82 Å². The molecule has 0 radical (unpaired) electrons. The van der Waals surface area contributed by atoms with Gasteiger partial charge in [0.1, 0.15) is 0 Å². The number of ether oxygens (including phenoxy) is 1. The van der Waals surface area contributed by atoms with Crippen molar-refractivity contribution in [2.45, 2.75) is 39.2 Å². The Labute approximate surface area is 131 Å². The molecule has 1 amide bonds. The molecule has 1 aromatic heterocycles. The minimum absolute atomic E-state index is 0.0914. The number of aromatic nitrogens is 2. The van der Waals surface area contributed by atoms with Crippen LogP contribution in [-0.2, 0) is 22.4 Å². The fraction of sp³-hybridized carbons (Fsp3) is 0.412. The molecular formula is C17H23N3O2. The highest BCUT2D eigenvalue weighted by atomic mass is 16.5. The van der Waals surface area contributed by atoms with Crippen molar-refractivity contribution in [2.24, 2.45) is 0 Å². The van der Waals surface area contributed by atoms with E-state index in [1.807, 2.05) is 19.1 Å². The number of amides is 1. The van der Waals surface area contributed by atoms with E-state index in [2.05, 4.69) is 40.6 Å². The van der Waals surface area contributed by atoms with Crippen LogP contribution in [-0.4, -0.2) is 29.3 Å². The Morgan fingerprint density at radius 2 is 2.14 bits per heavy atom. The van der Waals surface area contributed by atoms with Crippen molar-refractivity contribution in [2.75, 3.05) is 12.4 Å². The lowest BCUT2D eigenvalue weighted by atomic mass is 10.0. The molecule has 0 saturated carbocycles. The van der Waals surface area contributed by atoms with Crippen LogP contribution >= 0.6 is 0 Å². The van der Waals surface area contributed by atoms with Crippen molar-refractivity contribution in [3.05, 3.63) is 47.2 Å². The standard InChI is InChI=1S/C17H23N3O2/c1-12-6-4-5-7-14(12)8-9-15-11-16(20-19-15)18-17(21)10-13(2)22-3/h4-7,11,13H,8-10H2,1-3H3,(H2,18,19,20,21). The van der Waals surface area contributed by atoms with Gasteiger partial charge in [-0.05, 0) is 37.8 Å². The number of nitrogens with one attached hydrogen (secondary N) is 2. The molecule has 2 rings (SSSR count). The molecular weight excluding hydrogens is 278 g/mol. The number of carbonyl (C=O) groups excluding carboxylic acids is 1. The van der Waals surface area contributed by atoms with Gasteiger partial charge in [0.2, 0.25) is 5.91 Å². The predicted molar refractivity (Wildman–Crippen MR) is 86.9 cm³/mol. The number of aromatic amines is 1. The molecule has 0 aliphatic carbocycles. The average molecular weight is 301 g/mol. The summed E-state index contributed by atoms with van der Waals surface area (Å²) in [6.07, 6.45) is 2.03. The summed E-state index contributed by atoms with van der Waals surface area (Å²) in [6, 6.07) is 10.2. The molecule has 22 heavy (non-hydrogen) atoms. The van der Waals surface area contributed by atoms with Gasteiger partial charge >= 0.3 is 0 Å². The number of hydrogen-bond donors (Lipinski definition) is 2. The molecule has 0 fully saturated rings. The first-order valence-electron chi connectivity index (χ1n) is 7.50. The topological polar surface area (TPSA) is 67.0 Å². The van der Waals surface area contributed by atoms with Crippen LogP contribution in [0.15, 0.2) is 30.3 Å². The monoisotopic (exact) mass is 301 g/mol. The lowest BCUT2D eigenvalue weighted by Gasteiger charge is -2.07. The number of anilines is 1. The SMILES string of the molecule is COC(C)CC(=O)Nc1cc(CCc2ccccc2C)[nH]n1. The number of aryl methyl sites for hydroxylation is 3. The maximum Gasteiger partial charge on any atom is 0.228 e. The average Bonchev–Trinajstić information content (AvgIpc) is 2.93. The summed E-state index contributed by atoms with van der Waals surface area (Å²) in [4.78, 5) is 11.8. The number of hydrogen-bond acceptors (Lipinski definition) is 3. The number of carbonyl (C=O) groups is 1. The maximum absolute atomic E-state index is 11.8. The Kier molecular flexibility index (Phi) is 5.72. The van der Waals surface area contributed by atoms with Crippen molar-refractivity contribution < 1.29 is 9.53 Å². The first-order chi connectivity index (χ1) is 10.6. The molecule has 5 heteroatoms. The second-order valence-corrected chi connectivity index (χ2v) is 5.50. The van der Waals surface area contributed by atoms with Crippen molar-refractivity contribution >= 4 is 11.7 Å². The van der Waals surface area contributed by atoms with Crippen molar-refractivity contribution in [1.29, 1.82) is 0 Å². The highest BCUT2D eigenvalue weighted by molar-refractivity contribution is 5.90. The quantitative estimate of drug-likeness (QED) is 0.826. The van der Waals surface area contributed by atoms with E-state index in [-0.39, 0.29) is 12.0 Å². The lowest BCUT2D eigenvalue weighted by molar-refractivity contribution is -0.118. The van der Waals surface area contributed by atoms with E-state index in [0.29, 0.717) is 12.2 Å². The largest absolute Gasteiger partial charge is 0.381 e. The third kappa shape index (κ3) is 4.70. The Morgan fingerprint density at radius 1 is 1.36 bits per heavy atom. The summed E-state index contributed by atoms with van der Waals surface area (Å²) < 4.78 is 5.07. The summed E-state index contributed by atoms with van der Waals surface area (Å²) in [5, 5.41) is 9.87. The van der Waals surface area contributed by atoms with E-state index in [4.69, 9.17) is 4.74 Å². The van der Waals surface area contributed by atoms with Crippen LogP contribution in [0, 0.1) is 6.92 Å². The molecule has 1 heterocycles. The van der Waals surface area contributed by atoms with Crippen LogP contribution in [0.1, 0.15) is 30.2 Å². The molecule has 2 N–H and O–H groups in total. The van der Waals surface area contributed by atoms with Crippen LogP contribution in [0.3, 0.4) is 0 Å². The van der Waals surface area contributed by atoms with Gasteiger partial charge in [0.25, 0.3) is 0 Å². The van der Waals surface area contributed by atoms with Crippen molar-refractivity contribution in [3.8, 4) is 0 Å². The Balaban J connectivity index is 1.86. The predicted octanol–water partition coefficient (Wildman–Crippen LogP) is 2.87. The van der Waals surface area contributed by atoms with Crippen LogP contribution < -0.4 is 5.32 Å². The summed E-state index contributed by atoms with van der Waals surface area (Å²) in [5.41, 5.74) is 3.64. The van der Waals surface area contributed by atoms with E-state index in [1.54, 1.807) is 7.11 Å². The van der Waals surface area contributed by atoms with Crippen LogP contribution in [0.25, 0.3) is 0 Å². The summed E-state index contributed by atoms with van der Waals surface area (Å²) in [7, 11) is 1.59. The summed E-state index contributed by atoms with van der Waals surface area (Å²) >= 11 is 0. The third-order valence-corrected chi connectivity index (χ3v) is 3.70. The fourth-order valence-electron chi connectivity index (χ4n) is 2.25. The van der Waals surface area contributed by atoms with Gasteiger partial charge in [-0.2, -0.15) is 5.10 Å². The van der Waals surface area contributed by atoms with Gasteiger partial charge in [-0.3, -0.25) is 9.89 Å². The van der Waals surface area contributed by atoms with Gasteiger partial charge in [0, 0.05) is 18.9 Å². The molecule has 0 aliphatic heterocycles. The Bertz CT molecular complexity index is 622. The normalized spacial score (nSPS) is 12.1. The zero-order chi connectivity index (χ0) is 15.9. The summed E-state index contributed by atoms with van der Waals surface area (Å²) in [5.74, 6) is 0.472. The van der Waals surface area contributed by atoms with E-state index in [0.717, 1.165) is 18.5 Å². The van der Waals surface area contributed by atoms with Crippen LogP contribution in [0.5, 0.6) is 0 Å². The maximum atomic E-state index is 11.8. The number of benzene rings is 1. The molecule has 1 atom stereocenters. The summed E-state index contributed by atoms with van der Waals surface area (Å²) in [6.45, 7) is 3.97. The highest BCUT2D eigenvalue weighted by Gasteiger charge is 2.10. The minimum atomic E-state index is -0.0977. The molecule has 0 spiro atoms. The number of H-pyrrole nitrogens is 1. The zero-order valence-corrected chi connectivity index (χ0v) is 13.3. The Hall–Kier alpha value is -2.14. The number of nitrogens with zero attached hydrogens (tertiary/aromatic N) is 1. The zero-order valence-electron chi connectivity index (χ0n) is 13.3.